The monoisotopic (exact) mass is 236 g/mol. The average Bonchev–Trinajstić information content (AvgIpc) is 2.78. The molecule has 2 heterocycles. The summed E-state index contributed by atoms with van der Waals surface area (Å²) in [5, 5.41) is 4.64. The quantitative estimate of drug-likeness (QED) is 0.680. The van der Waals surface area contributed by atoms with E-state index in [1.807, 2.05) is 16.8 Å². The molecule has 2 heteroatoms. The van der Waals surface area contributed by atoms with E-state index < -0.39 is 0 Å². The second-order valence-electron chi connectivity index (χ2n) is 4.47. The van der Waals surface area contributed by atoms with Crippen LogP contribution in [0.4, 0.5) is 0 Å². The molecule has 1 aromatic carbocycles. The first-order valence-electron chi connectivity index (χ1n) is 6.37. The van der Waals surface area contributed by atoms with Crippen molar-refractivity contribution >= 4 is 5.52 Å². The van der Waals surface area contributed by atoms with Crippen molar-refractivity contribution in [3.05, 3.63) is 71.5 Å². The Bertz CT molecular complexity index is 653. The van der Waals surface area contributed by atoms with Crippen LogP contribution >= 0.6 is 0 Å². The number of hydrogen-bond acceptors (Lipinski definition) is 1. The Morgan fingerprint density at radius 2 is 1.78 bits per heavy atom. The number of fused-ring (bicyclic) bond motifs is 1. The zero-order valence-corrected chi connectivity index (χ0v) is 10.5. The minimum Gasteiger partial charge on any atom is -0.240 e. The van der Waals surface area contributed by atoms with E-state index in [1.165, 1.54) is 22.3 Å². The Balaban J connectivity index is 2.10. The van der Waals surface area contributed by atoms with Gasteiger partial charge in [0.25, 0.3) is 0 Å². The number of nitrogens with zero attached hydrogens (tertiary/aromatic N) is 2. The highest BCUT2D eigenvalue weighted by Gasteiger charge is 2.10. The standard InChI is InChI=1S/C16H16N2/c1-2-15-14(12-13-8-4-3-5-9-13)16-10-6-7-11-18(16)17-15/h3-11H,2,12H2,1H3. The van der Waals surface area contributed by atoms with Gasteiger partial charge in [-0.1, -0.05) is 43.3 Å². The van der Waals surface area contributed by atoms with Gasteiger partial charge in [0.2, 0.25) is 0 Å². The molecule has 0 radical (unpaired) electrons. The van der Waals surface area contributed by atoms with Gasteiger partial charge in [0.05, 0.1) is 11.2 Å². The van der Waals surface area contributed by atoms with Crippen molar-refractivity contribution in [2.45, 2.75) is 19.8 Å². The number of aromatic nitrogens is 2. The van der Waals surface area contributed by atoms with Crippen LogP contribution in [0.25, 0.3) is 5.52 Å². The van der Waals surface area contributed by atoms with Gasteiger partial charge in [0.1, 0.15) is 0 Å². The lowest BCUT2D eigenvalue weighted by Gasteiger charge is -2.02. The van der Waals surface area contributed by atoms with Crippen LogP contribution in [0, 0.1) is 0 Å². The van der Waals surface area contributed by atoms with Gasteiger partial charge in [-0.3, -0.25) is 0 Å². The molecule has 3 aromatic rings. The van der Waals surface area contributed by atoms with Crippen molar-refractivity contribution in [3.8, 4) is 0 Å². The van der Waals surface area contributed by atoms with Gasteiger partial charge in [-0.15, -0.1) is 0 Å². The molecule has 90 valence electrons. The minimum atomic E-state index is 0.956. The molecule has 2 nitrogen and oxygen atoms in total. The van der Waals surface area contributed by atoms with E-state index in [1.54, 1.807) is 0 Å². The summed E-state index contributed by atoms with van der Waals surface area (Å²) in [5.74, 6) is 0. The predicted octanol–water partition coefficient (Wildman–Crippen LogP) is 3.49. The second kappa shape index (κ2) is 4.65. The molecular formula is C16H16N2. The Morgan fingerprint density at radius 1 is 1.00 bits per heavy atom. The number of pyridine rings is 1. The SMILES string of the molecule is CCc1nn2ccccc2c1Cc1ccccc1. The Kier molecular flexibility index (Phi) is 2.85. The van der Waals surface area contributed by atoms with E-state index in [2.05, 4.69) is 54.5 Å². The zero-order valence-electron chi connectivity index (χ0n) is 10.5. The fourth-order valence-corrected chi connectivity index (χ4v) is 2.38. The van der Waals surface area contributed by atoms with Crippen LogP contribution in [-0.4, -0.2) is 9.61 Å². The topological polar surface area (TPSA) is 17.3 Å². The molecule has 3 rings (SSSR count). The van der Waals surface area contributed by atoms with E-state index in [-0.39, 0.29) is 0 Å². The van der Waals surface area contributed by atoms with Crippen LogP contribution in [0.3, 0.4) is 0 Å². The van der Waals surface area contributed by atoms with Gasteiger partial charge in [-0.25, -0.2) is 4.52 Å². The first kappa shape index (κ1) is 11.0. The molecule has 0 N–H and O–H groups in total. The first-order chi connectivity index (χ1) is 8.88. The number of aryl methyl sites for hydroxylation is 1. The van der Waals surface area contributed by atoms with Crippen LogP contribution in [0.1, 0.15) is 23.7 Å². The third-order valence-corrected chi connectivity index (χ3v) is 3.28. The van der Waals surface area contributed by atoms with Crippen molar-refractivity contribution in [1.82, 2.24) is 9.61 Å². The second-order valence-corrected chi connectivity index (χ2v) is 4.47. The zero-order chi connectivity index (χ0) is 12.4. The molecule has 0 fully saturated rings. The fraction of sp³-hybridized carbons (Fsp3) is 0.188. The average molecular weight is 236 g/mol. The van der Waals surface area contributed by atoms with Crippen molar-refractivity contribution in [3.63, 3.8) is 0 Å². The van der Waals surface area contributed by atoms with Crippen LogP contribution in [-0.2, 0) is 12.8 Å². The Morgan fingerprint density at radius 3 is 2.56 bits per heavy atom. The van der Waals surface area contributed by atoms with E-state index in [0.717, 1.165) is 12.8 Å². The molecule has 0 saturated heterocycles. The van der Waals surface area contributed by atoms with E-state index >= 15 is 0 Å². The number of rotatable bonds is 3. The summed E-state index contributed by atoms with van der Waals surface area (Å²) in [6.07, 6.45) is 3.95. The van der Waals surface area contributed by atoms with Gasteiger partial charge in [0.15, 0.2) is 0 Å². The molecule has 0 spiro atoms. The highest BCUT2D eigenvalue weighted by atomic mass is 15.2. The first-order valence-corrected chi connectivity index (χ1v) is 6.37. The number of hydrogen-bond donors (Lipinski definition) is 0. The van der Waals surface area contributed by atoms with E-state index in [9.17, 15) is 0 Å². The summed E-state index contributed by atoms with van der Waals surface area (Å²) in [4.78, 5) is 0. The van der Waals surface area contributed by atoms with Crippen molar-refractivity contribution < 1.29 is 0 Å². The van der Waals surface area contributed by atoms with E-state index in [4.69, 9.17) is 0 Å². The van der Waals surface area contributed by atoms with Gasteiger partial charge in [0, 0.05) is 18.2 Å². The molecule has 0 atom stereocenters. The highest BCUT2D eigenvalue weighted by Crippen LogP contribution is 2.20. The van der Waals surface area contributed by atoms with Crippen molar-refractivity contribution in [2.75, 3.05) is 0 Å². The molecule has 0 bridgehead atoms. The fourth-order valence-electron chi connectivity index (χ4n) is 2.38. The molecule has 0 unspecified atom stereocenters. The normalized spacial score (nSPS) is 10.9. The predicted molar refractivity (Wildman–Crippen MR) is 73.8 cm³/mol. The van der Waals surface area contributed by atoms with Gasteiger partial charge in [-0.05, 0) is 24.1 Å². The maximum absolute atomic E-state index is 4.64. The summed E-state index contributed by atoms with van der Waals surface area (Å²) in [5.41, 5.74) is 5.11. The maximum Gasteiger partial charge on any atom is 0.0699 e. The smallest absolute Gasteiger partial charge is 0.0699 e. The third kappa shape index (κ3) is 1.90. The summed E-state index contributed by atoms with van der Waals surface area (Å²) < 4.78 is 1.98. The molecule has 0 aliphatic carbocycles. The lowest BCUT2D eigenvalue weighted by Crippen LogP contribution is -1.92. The van der Waals surface area contributed by atoms with Crippen molar-refractivity contribution in [1.29, 1.82) is 0 Å². The lowest BCUT2D eigenvalue weighted by atomic mass is 10.0. The van der Waals surface area contributed by atoms with Crippen molar-refractivity contribution in [2.24, 2.45) is 0 Å². The minimum absolute atomic E-state index is 0.956. The third-order valence-electron chi connectivity index (χ3n) is 3.28. The van der Waals surface area contributed by atoms with Gasteiger partial charge < -0.3 is 0 Å². The molecule has 2 aromatic heterocycles. The van der Waals surface area contributed by atoms with Crippen LogP contribution in [0.5, 0.6) is 0 Å². The summed E-state index contributed by atoms with van der Waals surface area (Å²) in [6, 6.07) is 16.8. The maximum atomic E-state index is 4.64. The largest absolute Gasteiger partial charge is 0.240 e. The Labute approximate surface area is 107 Å². The highest BCUT2D eigenvalue weighted by molar-refractivity contribution is 5.58. The molecule has 18 heavy (non-hydrogen) atoms. The van der Waals surface area contributed by atoms with E-state index in [0.29, 0.717) is 0 Å². The number of benzene rings is 1. The molecule has 0 saturated carbocycles. The Hall–Kier alpha value is -2.09. The summed E-state index contributed by atoms with van der Waals surface area (Å²) >= 11 is 0. The summed E-state index contributed by atoms with van der Waals surface area (Å²) in [6.45, 7) is 2.16. The van der Waals surface area contributed by atoms with Crippen LogP contribution in [0.15, 0.2) is 54.7 Å². The molecule has 0 aliphatic heterocycles. The van der Waals surface area contributed by atoms with Crippen LogP contribution < -0.4 is 0 Å². The molecule has 0 amide bonds. The van der Waals surface area contributed by atoms with Gasteiger partial charge in [-0.2, -0.15) is 5.10 Å². The van der Waals surface area contributed by atoms with Crippen LogP contribution in [0.2, 0.25) is 0 Å². The molecular weight excluding hydrogens is 220 g/mol. The summed E-state index contributed by atoms with van der Waals surface area (Å²) in [7, 11) is 0. The lowest BCUT2D eigenvalue weighted by molar-refractivity contribution is 0.893. The van der Waals surface area contributed by atoms with Gasteiger partial charge >= 0.3 is 0 Å². The molecule has 0 aliphatic rings.